The first kappa shape index (κ1) is 16.2. The van der Waals surface area contributed by atoms with Crippen molar-refractivity contribution in [3.63, 3.8) is 0 Å². The Morgan fingerprint density at radius 3 is 2.64 bits per heavy atom. The fourth-order valence-corrected chi connectivity index (χ4v) is 2.80. The molecule has 2 rings (SSSR count). The van der Waals surface area contributed by atoms with Crippen molar-refractivity contribution in [3.8, 4) is 0 Å². The minimum absolute atomic E-state index is 0.0472. The summed E-state index contributed by atoms with van der Waals surface area (Å²) in [5.74, 6) is -1.07. The third-order valence-electron chi connectivity index (χ3n) is 2.80. The zero-order valence-electron chi connectivity index (χ0n) is 11.6. The molecule has 1 heterocycles. The number of benzene rings is 1. The number of carbonyl (C=O) groups excluding carboxylic acids is 1. The van der Waals surface area contributed by atoms with Crippen LogP contribution in [0.5, 0.6) is 0 Å². The normalized spacial score (nSPS) is 11.3. The van der Waals surface area contributed by atoms with E-state index >= 15 is 0 Å². The fraction of sp³-hybridized carbons (Fsp3) is 0.214. The first-order chi connectivity index (χ1) is 10.5. The standard InChI is InChI=1S/C14H15FN2O4S/c15-13-6-2-1-4-11(13)10-22(19,20)17-9-14(18)16-8-12-5-3-7-21-12/h1-7,17H,8-10H2,(H,16,18). The lowest BCUT2D eigenvalue weighted by Crippen LogP contribution is -2.37. The Morgan fingerprint density at radius 2 is 1.95 bits per heavy atom. The van der Waals surface area contributed by atoms with Gasteiger partial charge in [-0.05, 0) is 18.2 Å². The molecule has 8 heteroatoms. The van der Waals surface area contributed by atoms with Gasteiger partial charge in [-0.3, -0.25) is 4.79 Å². The molecule has 118 valence electrons. The van der Waals surface area contributed by atoms with Crippen LogP contribution >= 0.6 is 0 Å². The third kappa shape index (κ3) is 4.97. The van der Waals surface area contributed by atoms with Crippen molar-refractivity contribution >= 4 is 15.9 Å². The summed E-state index contributed by atoms with van der Waals surface area (Å²) < 4.78 is 44.2. The second kappa shape index (κ2) is 7.19. The third-order valence-corrected chi connectivity index (χ3v) is 4.07. The summed E-state index contributed by atoms with van der Waals surface area (Å²) in [6.45, 7) is -0.252. The van der Waals surface area contributed by atoms with Crippen LogP contribution in [-0.4, -0.2) is 20.9 Å². The predicted molar refractivity (Wildman–Crippen MR) is 77.6 cm³/mol. The molecule has 2 aromatic rings. The Kier molecular flexibility index (Phi) is 5.29. The van der Waals surface area contributed by atoms with Gasteiger partial charge in [0.2, 0.25) is 15.9 Å². The van der Waals surface area contributed by atoms with Crippen LogP contribution in [0.2, 0.25) is 0 Å². The van der Waals surface area contributed by atoms with Crippen molar-refractivity contribution in [2.75, 3.05) is 6.54 Å². The molecule has 1 aromatic heterocycles. The molecule has 0 atom stereocenters. The van der Waals surface area contributed by atoms with Crippen molar-refractivity contribution in [3.05, 3.63) is 59.8 Å². The highest BCUT2D eigenvalue weighted by Crippen LogP contribution is 2.09. The van der Waals surface area contributed by atoms with E-state index in [1.807, 2.05) is 0 Å². The van der Waals surface area contributed by atoms with Gasteiger partial charge in [0.15, 0.2) is 0 Å². The van der Waals surface area contributed by atoms with Crippen LogP contribution in [-0.2, 0) is 27.1 Å². The van der Waals surface area contributed by atoms with Gasteiger partial charge in [0, 0.05) is 5.56 Å². The van der Waals surface area contributed by atoms with E-state index in [1.54, 1.807) is 18.2 Å². The van der Waals surface area contributed by atoms with Crippen LogP contribution in [0.15, 0.2) is 47.1 Å². The number of nitrogens with one attached hydrogen (secondary N) is 2. The largest absolute Gasteiger partial charge is 0.467 e. The van der Waals surface area contributed by atoms with Gasteiger partial charge in [-0.1, -0.05) is 18.2 Å². The minimum atomic E-state index is -3.80. The summed E-state index contributed by atoms with van der Waals surface area (Å²) in [4.78, 5) is 11.6. The zero-order valence-corrected chi connectivity index (χ0v) is 12.4. The zero-order chi connectivity index (χ0) is 16.0. The van der Waals surface area contributed by atoms with Gasteiger partial charge in [0.05, 0.1) is 25.1 Å². The summed E-state index contributed by atoms with van der Waals surface area (Å²) in [5, 5.41) is 2.50. The first-order valence-corrected chi connectivity index (χ1v) is 8.11. The molecule has 0 spiro atoms. The number of carbonyl (C=O) groups is 1. The highest BCUT2D eigenvalue weighted by atomic mass is 32.2. The second-order valence-corrected chi connectivity index (χ2v) is 6.33. The van der Waals surface area contributed by atoms with Gasteiger partial charge in [0.1, 0.15) is 11.6 Å². The Bertz CT molecular complexity index is 729. The SMILES string of the molecule is O=C(CNS(=O)(=O)Cc1ccccc1F)NCc1ccco1. The van der Waals surface area contributed by atoms with Crippen molar-refractivity contribution in [2.45, 2.75) is 12.3 Å². The molecule has 0 aliphatic rings. The summed E-state index contributed by atoms with van der Waals surface area (Å²) in [6, 6.07) is 8.94. The number of halogens is 1. The highest BCUT2D eigenvalue weighted by molar-refractivity contribution is 7.88. The Hall–Kier alpha value is -2.19. The molecule has 6 nitrogen and oxygen atoms in total. The number of hydrogen-bond acceptors (Lipinski definition) is 4. The first-order valence-electron chi connectivity index (χ1n) is 6.46. The van der Waals surface area contributed by atoms with Gasteiger partial charge >= 0.3 is 0 Å². The molecule has 0 aliphatic heterocycles. The van der Waals surface area contributed by atoms with Crippen LogP contribution in [0.3, 0.4) is 0 Å². The van der Waals surface area contributed by atoms with Gasteiger partial charge < -0.3 is 9.73 Å². The van der Waals surface area contributed by atoms with E-state index in [-0.39, 0.29) is 12.1 Å². The lowest BCUT2D eigenvalue weighted by Gasteiger charge is -2.08. The van der Waals surface area contributed by atoms with Crippen molar-refractivity contribution < 1.29 is 22.0 Å². The maximum Gasteiger partial charge on any atom is 0.235 e. The molecule has 0 radical (unpaired) electrons. The molecule has 0 aliphatic carbocycles. The molecule has 0 saturated carbocycles. The topological polar surface area (TPSA) is 88.4 Å². The maximum atomic E-state index is 13.4. The van der Waals surface area contributed by atoms with Gasteiger partial charge in [-0.25, -0.2) is 17.5 Å². The number of hydrogen-bond donors (Lipinski definition) is 2. The van der Waals surface area contributed by atoms with Gasteiger partial charge in [-0.2, -0.15) is 0 Å². The van der Waals surface area contributed by atoms with E-state index in [4.69, 9.17) is 4.42 Å². The van der Waals surface area contributed by atoms with Crippen LogP contribution in [0.1, 0.15) is 11.3 Å². The van der Waals surface area contributed by atoms with E-state index in [2.05, 4.69) is 10.0 Å². The van der Waals surface area contributed by atoms with Crippen LogP contribution < -0.4 is 10.0 Å². The lowest BCUT2D eigenvalue weighted by molar-refractivity contribution is -0.120. The number of furan rings is 1. The van der Waals surface area contributed by atoms with Crippen LogP contribution in [0.4, 0.5) is 4.39 Å². The molecule has 0 fully saturated rings. The van der Waals surface area contributed by atoms with Crippen LogP contribution in [0.25, 0.3) is 0 Å². The molecular weight excluding hydrogens is 311 g/mol. The van der Waals surface area contributed by atoms with E-state index < -0.39 is 34.0 Å². The predicted octanol–water partition coefficient (Wildman–Crippen LogP) is 1.15. The van der Waals surface area contributed by atoms with E-state index in [1.165, 1.54) is 24.5 Å². The lowest BCUT2D eigenvalue weighted by atomic mass is 10.2. The average molecular weight is 326 g/mol. The number of sulfonamides is 1. The smallest absolute Gasteiger partial charge is 0.235 e. The van der Waals surface area contributed by atoms with Crippen molar-refractivity contribution in [2.24, 2.45) is 0 Å². The molecule has 0 saturated heterocycles. The highest BCUT2D eigenvalue weighted by Gasteiger charge is 2.15. The van der Waals surface area contributed by atoms with E-state index in [9.17, 15) is 17.6 Å². The molecule has 1 aromatic carbocycles. The molecule has 22 heavy (non-hydrogen) atoms. The second-order valence-electron chi connectivity index (χ2n) is 4.53. The average Bonchev–Trinajstić information content (AvgIpc) is 2.99. The van der Waals surface area contributed by atoms with Gasteiger partial charge in [-0.15, -0.1) is 0 Å². The summed E-state index contributed by atoms with van der Waals surface area (Å²) >= 11 is 0. The fourth-order valence-electron chi connectivity index (χ4n) is 1.71. The number of rotatable bonds is 7. The van der Waals surface area contributed by atoms with Crippen LogP contribution in [0, 0.1) is 5.82 Å². The Labute approximate surface area is 127 Å². The van der Waals surface area contributed by atoms with E-state index in [0.717, 1.165) is 0 Å². The van der Waals surface area contributed by atoms with E-state index in [0.29, 0.717) is 5.76 Å². The summed E-state index contributed by atoms with van der Waals surface area (Å²) in [5.41, 5.74) is 0.0472. The molecule has 0 unspecified atom stereocenters. The Morgan fingerprint density at radius 1 is 1.18 bits per heavy atom. The number of amides is 1. The molecule has 0 bridgehead atoms. The molecule has 1 amide bonds. The van der Waals surface area contributed by atoms with Crippen molar-refractivity contribution in [1.82, 2.24) is 10.0 Å². The van der Waals surface area contributed by atoms with Crippen molar-refractivity contribution in [1.29, 1.82) is 0 Å². The van der Waals surface area contributed by atoms with Gasteiger partial charge in [0.25, 0.3) is 0 Å². The maximum absolute atomic E-state index is 13.4. The Balaban J connectivity index is 1.82. The summed E-state index contributed by atoms with van der Waals surface area (Å²) in [6.07, 6.45) is 1.47. The summed E-state index contributed by atoms with van der Waals surface area (Å²) in [7, 11) is -3.80. The molecular formula is C14H15FN2O4S. The minimum Gasteiger partial charge on any atom is -0.467 e. The molecule has 2 N–H and O–H groups in total. The monoisotopic (exact) mass is 326 g/mol. The quantitative estimate of drug-likeness (QED) is 0.799.